The van der Waals surface area contributed by atoms with E-state index in [1.165, 1.54) is 18.2 Å². The molecule has 2 rings (SSSR count). The van der Waals surface area contributed by atoms with E-state index in [-0.39, 0.29) is 17.7 Å². The van der Waals surface area contributed by atoms with E-state index in [9.17, 15) is 19.8 Å². The molecule has 6 heteroatoms. The number of aliphatic hydroxyl groups excluding tert-OH is 1. The third kappa shape index (κ3) is 4.11. The number of carboxylic acids is 1. The summed E-state index contributed by atoms with van der Waals surface area (Å²) in [7, 11) is 0. The number of hydrogen-bond acceptors (Lipinski definition) is 4. The summed E-state index contributed by atoms with van der Waals surface area (Å²) >= 11 is 0. The van der Waals surface area contributed by atoms with Gasteiger partial charge in [0.2, 0.25) is 0 Å². The molecule has 0 aliphatic carbocycles. The van der Waals surface area contributed by atoms with Crippen LogP contribution in [0.3, 0.4) is 0 Å². The maximum absolute atomic E-state index is 12.4. The lowest BCUT2D eigenvalue weighted by molar-refractivity contribution is -0.148. The maximum Gasteiger partial charge on any atom is 0.334 e. The Balaban J connectivity index is 2.22. The monoisotopic (exact) mass is 329 g/mol. The average molecular weight is 329 g/mol. The lowest BCUT2D eigenvalue weighted by Crippen LogP contribution is -2.48. The highest BCUT2D eigenvalue weighted by Crippen LogP contribution is 2.20. The molecule has 6 nitrogen and oxygen atoms in total. The van der Waals surface area contributed by atoms with Crippen molar-refractivity contribution in [2.45, 2.75) is 25.5 Å². The Morgan fingerprint density at radius 2 is 1.75 bits per heavy atom. The molecule has 0 saturated heterocycles. The van der Waals surface area contributed by atoms with Gasteiger partial charge in [-0.05, 0) is 31.0 Å². The quantitative estimate of drug-likeness (QED) is 0.642. The minimum Gasteiger partial charge on any atom is -0.508 e. The molecule has 0 spiro atoms. The summed E-state index contributed by atoms with van der Waals surface area (Å²) in [6.45, 7) is 1.59. The Labute approximate surface area is 139 Å². The molecule has 0 radical (unpaired) electrons. The van der Waals surface area contributed by atoms with Crippen molar-refractivity contribution in [3.8, 4) is 5.75 Å². The summed E-state index contributed by atoms with van der Waals surface area (Å²) < 4.78 is 0. The van der Waals surface area contributed by atoms with E-state index in [0.717, 1.165) is 5.56 Å². The molecule has 126 valence electrons. The van der Waals surface area contributed by atoms with Crippen molar-refractivity contribution < 1.29 is 24.9 Å². The highest BCUT2D eigenvalue weighted by Gasteiger charge is 2.28. The van der Waals surface area contributed by atoms with Crippen LogP contribution in [0.2, 0.25) is 0 Å². The van der Waals surface area contributed by atoms with Crippen molar-refractivity contribution in [3.63, 3.8) is 0 Å². The Bertz CT molecular complexity index is 729. The summed E-state index contributed by atoms with van der Waals surface area (Å²) in [5, 5.41) is 31.2. The number of rotatable bonds is 6. The molecular weight excluding hydrogens is 310 g/mol. The topological polar surface area (TPSA) is 107 Å². The number of carboxylic acid groups (broad SMARTS) is 1. The zero-order chi connectivity index (χ0) is 17.7. The van der Waals surface area contributed by atoms with Gasteiger partial charge in [0.1, 0.15) is 5.75 Å². The van der Waals surface area contributed by atoms with Crippen LogP contribution >= 0.6 is 0 Å². The first kappa shape index (κ1) is 17.5. The minimum atomic E-state index is -1.74. The van der Waals surface area contributed by atoms with Crippen LogP contribution in [0.25, 0.3) is 0 Å². The van der Waals surface area contributed by atoms with E-state index in [0.29, 0.717) is 5.56 Å². The van der Waals surface area contributed by atoms with E-state index >= 15 is 0 Å². The minimum absolute atomic E-state index is 0.0268. The second-order valence-electron chi connectivity index (χ2n) is 5.50. The van der Waals surface area contributed by atoms with Crippen LogP contribution in [0.5, 0.6) is 5.75 Å². The second-order valence-corrected chi connectivity index (χ2v) is 5.50. The van der Waals surface area contributed by atoms with Crippen molar-refractivity contribution in [3.05, 3.63) is 65.2 Å². The summed E-state index contributed by atoms with van der Waals surface area (Å²) in [4.78, 5) is 23.5. The standard InChI is InChI=1S/C18H19NO5/c1-11-13(8-5-9-15(11)20)17(22)19-14(16(21)18(23)24)10-12-6-3-2-4-7-12/h2-9,14,16,20-21H,10H2,1H3,(H,19,22)(H,23,24)/t14-,16-/m0/s1. The van der Waals surface area contributed by atoms with Crippen LogP contribution in [0.15, 0.2) is 48.5 Å². The number of aromatic hydroxyl groups is 1. The van der Waals surface area contributed by atoms with Crippen LogP contribution in [0.1, 0.15) is 21.5 Å². The van der Waals surface area contributed by atoms with Gasteiger partial charge in [-0.25, -0.2) is 4.79 Å². The highest BCUT2D eigenvalue weighted by atomic mass is 16.4. The fraction of sp³-hybridized carbons (Fsp3) is 0.222. The van der Waals surface area contributed by atoms with Gasteiger partial charge in [-0.1, -0.05) is 36.4 Å². The van der Waals surface area contributed by atoms with Gasteiger partial charge < -0.3 is 20.6 Å². The van der Waals surface area contributed by atoms with E-state index in [2.05, 4.69) is 5.32 Å². The fourth-order valence-corrected chi connectivity index (χ4v) is 2.40. The normalized spacial score (nSPS) is 13.1. The third-order valence-corrected chi connectivity index (χ3v) is 3.80. The number of carbonyl (C=O) groups is 2. The molecule has 0 aliphatic heterocycles. The molecule has 0 unspecified atom stereocenters. The lowest BCUT2D eigenvalue weighted by Gasteiger charge is -2.22. The van der Waals surface area contributed by atoms with Gasteiger partial charge in [0.05, 0.1) is 6.04 Å². The first-order valence-corrected chi connectivity index (χ1v) is 7.44. The molecule has 0 fully saturated rings. The fourth-order valence-electron chi connectivity index (χ4n) is 2.40. The highest BCUT2D eigenvalue weighted by molar-refractivity contribution is 5.96. The lowest BCUT2D eigenvalue weighted by atomic mass is 10.00. The van der Waals surface area contributed by atoms with E-state index in [1.54, 1.807) is 31.2 Å². The number of aliphatic hydroxyl groups is 1. The predicted octanol–water partition coefficient (Wildman–Crippen LogP) is 1.49. The van der Waals surface area contributed by atoms with Crippen LogP contribution in [0, 0.1) is 6.92 Å². The number of phenolic OH excluding ortho intramolecular Hbond substituents is 1. The number of hydrogen-bond donors (Lipinski definition) is 4. The first-order chi connectivity index (χ1) is 11.4. The van der Waals surface area contributed by atoms with Crippen LogP contribution in [0.4, 0.5) is 0 Å². The molecular formula is C18H19NO5. The third-order valence-electron chi connectivity index (χ3n) is 3.80. The van der Waals surface area contributed by atoms with Gasteiger partial charge in [0, 0.05) is 11.1 Å². The first-order valence-electron chi connectivity index (χ1n) is 7.44. The van der Waals surface area contributed by atoms with Crippen LogP contribution in [-0.4, -0.2) is 39.3 Å². The molecule has 4 N–H and O–H groups in total. The molecule has 2 aromatic rings. The number of phenols is 1. The van der Waals surface area contributed by atoms with Gasteiger partial charge in [0.15, 0.2) is 6.10 Å². The molecule has 24 heavy (non-hydrogen) atoms. The molecule has 0 bridgehead atoms. The zero-order valence-corrected chi connectivity index (χ0v) is 13.1. The molecule has 2 atom stereocenters. The number of nitrogens with one attached hydrogen (secondary N) is 1. The molecule has 2 aromatic carbocycles. The van der Waals surface area contributed by atoms with Gasteiger partial charge in [-0.15, -0.1) is 0 Å². The number of amides is 1. The van der Waals surface area contributed by atoms with Crippen molar-refractivity contribution in [2.24, 2.45) is 0 Å². The molecule has 0 saturated carbocycles. The van der Waals surface area contributed by atoms with Gasteiger partial charge in [-0.2, -0.15) is 0 Å². The van der Waals surface area contributed by atoms with E-state index < -0.39 is 24.0 Å². The summed E-state index contributed by atoms with van der Waals surface area (Å²) in [6.07, 6.45) is -1.58. The molecule has 0 heterocycles. The zero-order valence-electron chi connectivity index (χ0n) is 13.1. The number of carbonyl (C=O) groups excluding carboxylic acids is 1. The van der Waals surface area contributed by atoms with Crippen LogP contribution in [-0.2, 0) is 11.2 Å². The predicted molar refractivity (Wildman–Crippen MR) is 87.9 cm³/mol. The van der Waals surface area contributed by atoms with Crippen molar-refractivity contribution >= 4 is 11.9 Å². The SMILES string of the molecule is Cc1c(O)cccc1C(=O)N[C@@H](Cc1ccccc1)[C@H](O)C(=O)O. The van der Waals surface area contributed by atoms with Gasteiger partial charge in [0.25, 0.3) is 5.91 Å². The maximum atomic E-state index is 12.4. The van der Waals surface area contributed by atoms with Crippen molar-refractivity contribution in [1.82, 2.24) is 5.32 Å². The average Bonchev–Trinajstić information content (AvgIpc) is 2.56. The van der Waals surface area contributed by atoms with Gasteiger partial charge >= 0.3 is 5.97 Å². The second kappa shape index (κ2) is 7.61. The van der Waals surface area contributed by atoms with E-state index in [1.807, 2.05) is 6.07 Å². The Morgan fingerprint density at radius 1 is 1.08 bits per heavy atom. The number of aliphatic carboxylic acids is 1. The number of benzene rings is 2. The molecule has 0 aromatic heterocycles. The van der Waals surface area contributed by atoms with Crippen LogP contribution < -0.4 is 5.32 Å². The Morgan fingerprint density at radius 3 is 2.38 bits per heavy atom. The largest absolute Gasteiger partial charge is 0.508 e. The Hall–Kier alpha value is -2.86. The van der Waals surface area contributed by atoms with Crippen molar-refractivity contribution in [2.75, 3.05) is 0 Å². The smallest absolute Gasteiger partial charge is 0.334 e. The van der Waals surface area contributed by atoms with Crippen molar-refractivity contribution in [1.29, 1.82) is 0 Å². The summed E-state index contributed by atoms with van der Waals surface area (Å²) in [5.74, 6) is -1.99. The molecule has 0 aliphatic rings. The molecule has 1 amide bonds. The summed E-state index contributed by atoms with van der Waals surface area (Å²) in [5.41, 5.74) is 1.40. The van der Waals surface area contributed by atoms with Gasteiger partial charge in [-0.3, -0.25) is 4.79 Å². The Kier molecular flexibility index (Phi) is 5.55. The summed E-state index contributed by atoms with van der Waals surface area (Å²) in [6, 6.07) is 12.5. The van der Waals surface area contributed by atoms with E-state index in [4.69, 9.17) is 5.11 Å².